The van der Waals surface area contributed by atoms with Crippen molar-refractivity contribution in [3.8, 4) is 0 Å². The van der Waals surface area contributed by atoms with E-state index in [-0.39, 0.29) is 27.3 Å². The summed E-state index contributed by atoms with van der Waals surface area (Å²) in [5.41, 5.74) is 0.533. The summed E-state index contributed by atoms with van der Waals surface area (Å²) in [7, 11) is 0. The minimum absolute atomic E-state index is 0. The van der Waals surface area contributed by atoms with Crippen LogP contribution < -0.4 is 10.6 Å². The van der Waals surface area contributed by atoms with Gasteiger partial charge in [-0.3, -0.25) is 0 Å². The largest absolute Gasteiger partial charge is 2.00 e. The first-order valence-corrected chi connectivity index (χ1v) is 7.36. The molecule has 0 aliphatic carbocycles. The molecule has 0 fully saturated rings. The Hall–Kier alpha value is 0.714. The van der Waals surface area contributed by atoms with Crippen LogP contribution in [0, 0.1) is 10.8 Å². The fraction of sp³-hybridized carbons (Fsp3) is 0.833. The number of hydrogen-bond acceptors (Lipinski definition) is 4. The molecule has 0 amide bonds. The average Bonchev–Trinajstić information content (AvgIpc) is 2.10. The van der Waals surface area contributed by atoms with E-state index in [2.05, 4.69) is 102 Å². The van der Waals surface area contributed by atoms with Crippen LogP contribution in [0.4, 0.5) is 0 Å². The maximum absolute atomic E-state index is 4.67. The molecule has 2 N–H and O–H groups in total. The van der Waals surface area contributed by atoms with Crippen molar-refractivity contribution in [1.82, 2.24) is 10.6 Å². The Morgan fingerprint density at radius 1 is 0.789 bits per heavy atom. The van der Waals surface area contributed by atoms with E-state index in [9.17, 15) is 0 Å². The molecule has 116 valence electrons. The van der Waals surface area contributed by atoms with Gasteiger partial charge in [-0.2, -0.15) is 0 Å². The van der Waals surface area contributed by atoms with Crippen molar-refractivity contribution in [2.24, 2.45) is 10.8 Å². The van der Waals surface area contributed by atoms with E-state index < -0.39 is 0 Å². The second-order valence-corrected chi connectivity index (χ2v) is 8.55. The molecule has 0 saturated carbocycles. The summed E-state index contributed by atoms with van der Waals surface area (Å²) in [6, 6.07) is 0. The third-order valence-electron chi connectivity index (χ3n) is 1.53. The van der Waals surface area contributed by atoms with Crippen molar-refractivity contribution in [2.75, 3.05) is 13.1 Å². The predicted octanol–water partition coefficient (Wildman–Crippen LogP) is 2.91. The summed E-state index contributed by atoms with van der Waals surface area (Å²) in [6.07, 6.45) is 0. The molecular formula is C12H24N2NiS4. The Labute approximate surface area is 150 Å². The second-order valence-electron chi connectivity index (χ2n) is 6.40. The average molecular weight is 383 g/mol. The van der Waals surface area contributed by atoms with Gasteiger partial charge in [-0.05, 0) is 10.8 Å². The number of hydrogen-bond donors (Lipinski definition) is 2. The van der Waals surface area contributed by atoms with Crippen LogP contribution in [0.5, 0.6) is 0 Å². The molecular weight excluding hydrogens is 359 g/mol. The molecule has 0 bridgehead atoms. The summed E-state index contributed by atoms with van der Waals surface area (Å²) in [4.78, 5) is 0. The Bertz CT molecular complexity index is 242. The molecule has 0 spiro atoms. The summed E-state index contributed by atoms with van der Waals surface area (Å²) >= 11 is 18.7. The minimum atomic E-state index is 0. The molecule has 2 nitrogen and oxygen atoms in total. The Kier molecular flexibility index (Phi) is 14.8. The van der Waals surface area contributed by atoms with Gasteiger partial charge in [-0.15, -0.1) is 0 Å². The first-order valence-electron chi connectivity index (χ1n) is 5.73. The van der Waals surface area contributed by atoms with Crippen LogP contribution in [-0.2, 0) is 41.7 Å². The fourth-order valence-electron chi connectivity index (χ4n) is 0.675. The maximum Gasteiger partial charge on any atom is 2.00 e. The van der Waals surface area contributed by atoms with Crippen LogP contribution in [0.1, 0.15) is 41.5 Å². The van der Waals surface area contributed by atoms with E-state index in [1.165, 1.54) is 0 Å². The van der Waals surface area contributed by atoms with E-state index in [1.54, 1.807) is 0 Å². The molecule has 0 radical (unpaired) electrons. The van der Waals surface area contributed by atoms with E-state index in [1.807, 2.05) is 0 Å². The van der Waals surface area contributed by atoms with Crippen LogP contribution in [0.25, 0.3) is 0 Å². The molecule has 0 heterocycles. The monoisotopic (exact) mass is 382 g/mol. The first-order chi connectivity index (χ1) is 7.83. The van der Waals surface area contributed by atoms with Gasteiger partial charge in [0.05, 0.1) is 0 Å². The SMILES string of the molecule is CC(C)(C)CNC(=S)[S-].CC(C)(C)CNC(=S)[S-].[Ni+2]. The van der Waals surface area contributed by atoms with Crippen molar-refractivity contribution in [3.05, 3.63) is 0 Å². The molecule has 0 unspecified atom stereocenters. The summed E-state index contributed by atoms with van der Waals surface area (Å²) < 4.78 is 0.926. The molecule has 0 aromatic carbocycles. The second kappa shape index (κ2) is 11.4. The van der Waals surface area contributed by atoms with Crippen LogP contribution in [-0.4, -0.2) is 21.7 Å². The topological polar surface area (TPSA) is 24.1 Å². The van der Waals surface area contributed by atoms with Gasteiger partial charge in [0, 0.05) is 13.1 Å². The molecule has 19 heavy (non-hydrogen) atoms. The van der Waals surface area contributed by atoms with Crippen molar-refractivity contribution in [3.63, 3.8) is 0 Å². The zero-order valence-corrected chi connectivity index (χ0v) is 16.6. The Balaban J connectivity index is -0.000000256. The molecule has 0 aliphatic heterocycles. The van der Waals surface area contributed by atoms with Gasteiger partial charge in [0.25, 0.3) is 0 Å². The van der Waals surface area contributed by atoms with E-state index in [0.717, 1.165) is 13.1 Å². The van der Waals surface area contributed by atoms with Gasteiger partial charge < -0.3 is 60.3 Å². The minimum Gasteiger partial charge on any atom is -0.412 e. The van der Waals surface area contributed by atoms with Crippen molar-refractivity contribution < 1.29 is 16.5 Å². The van der Waals surface area contributed by atoms with E-state index in [0.29, 0.717) is 8.64 Å². The Morgan fingerprint density at radius 2 is 1.00 bits per heavy atom. The van der Waals surface area contributed by atoms with Crippen molar-refractivity contribution in [2.45, 2.75) is 41.5 Å². The van der Waals surface area contributed by atoms with Gasteiger partial charge in [-0.1, -0.05) is 50.2 Å². The van der Waals surface area contributed by atoms with Crippen LogP contribution in [0.15, 0.2) is 0 Å². The zero-order valence-electron chi connectivity index (χ0n) is 12.4. The quantitative estimate of drug-likeness (QED) is 0.432. The smallest absolute Gasteiger partial charge is 0.412 e. The van der Waals surface area contributed by atoms with Crippen LogP contribution in [0.2, 0.25) is 0 Å². The Morgan fingerprint density at radius 3 is 1.05 bits per heavy atom. The maximum atomic E-state index is 4.67. The van der Waals surface area contributed by atoms with Crippen LogP contribution >= 0.6 is 24.4 Å². The van der Waals surface area contributed by atoms with Gasteiger partial charge in [0.2, 0.25) is 0 Å². The van der Waals surface area contributed by atoms with Crippen molar-refractivity contribution >= 4 is 58.3 Å². The molecule has 7 heteroatoms. The normalized spacial score (nSPS) is 10.4. The van der Waals surface area contributed by atoms with E-state index in [4.69, 9.17) is 0 Å². The molecule has 0 saturated heterocycles. The fourth-order valence-corrected chi connectivity index (χ4v) is 0.963. The van der Waals surface area contributed by atoms with Gasteiger partial charge >= 0.3 is 16.5 Å². The van der Waals surface area contributed by atoms with Crippen molar-refractivity contribution in [1.29, 1.82) is 0 Å². The molecule has 0 rings (SSSR count). The van der Waals surface area contributed by atoms with Crippen LogP contribution in [0.3, 0.4) is 0 Å². The molecule has 0 aromatic heterocycles. The number of thiocarbonyl (C=S) groups is 2. The summed E-state index contributed by atoms with van der Waals surface area (Å²) in [6.45, 7) is 14.5. The third kappa shape index (κ3) is 32.3. The van der Waals surface area contributed by atoms with Gasteiger partial charge in [-0.25, -0.2) is 0 Å². The predicted molar refractivity (Wildman–Crippen MR) is 94.8 cm³/mol. The zero-order chi connectivity index (χ0) is 15.0. The molecule has 0 atom stereocenters. The third-order valence-corrected chi connectivity index (χ3v) is 2.10. The molecule has 0 aromatic rings. The number of nitrogens with one attached hydrogen (secondary N) is 2. The van der Waals surface area contributed by atoms with Gasteiger partial charge in [0.1, 0.15) is 0 Å². The first kappa shape index (κ1) is 24.7. The molecule has 0 aliphatic rings. The van der Waals surface area contributed by atoms with E-state index >= 15 is 0 Å². The van der Waals surface area contributed by atoms with Gasteiger partial charge in [0.15, 0.2) is 0 Å². The summed E-state index contributed by atoms with van der Waals surface area (Å²) in [5, 5.41) is 5.86. The summed E-state index contributed by atoms with van der Waals surface area (Å²) in [5.74, 6) is 0. The number of rotatable bonds is 2. The standard InChI is InChI=1S/2C6H13NS2.Ni/c2*1-6(2,3)4-7-5(8)9;/h2*4H2,1-3H3,(H2,7,8,9);/q;;+2/p-2.